The fourth-order valence-corrected chi connectivity index (χ4v) is 7.27. The predicted octanol–water partition coefficient (Wildman–Crippen LogP) is 6.06. The number of carbonyl (C=O) groups is 1. The van der Waals surface area contributed by atoms with Crippen molar-refractivity contribution >= 4 is 50.1 Å². The zero-order valence-electron chi connectivity index (χ0n) is 24.7. The molecule has 46 heavy (non-hydrogen) atoms. The van der Waals surface area contributed by atoms with Crippen LogP contribution in [0.25, 0.3) is 22.0 Å². The lowest BCUT2D eigenvalue weighted by molar-refractivity contribution is -0.147. The Morgan fingerprint density at radius 2 is 1.89 bits per heavy atom. The minimum absolute atomic E-state index is 0.00358. The molecule has 2 aliphatic heterocycles. The monoisotopic (exact) mass is 675 g/mol. The number of nitrogens with zero attached hydrogens (tertiary/aromatic N) is 3. The number of rotatable bonds is 8. The van der Waals surface area contributed by atoms with Gasteiger partial charge in [0.05, 0.1) is 11.3 Å². The lowest BCUT2D eigenvalue weighted by Crippen LogP contribution is -2.39. The van der Waals surface area contributed by atoms with Crippen LogP contribution in [0.3, 0.4) is 0 Å². The number of hydrogen-bond acceptors (Lipinski definition) is 9. The van der Waals surface area contributed by atoms with E-state index in [1.54, 1.807) is 0 Å². The fourth-order valence-electron chi connectivity index (χ4n) is 5.72. The van der Waals surface area contributed by atoms with Gasteiger partial charge in [-0.1, -0.05) is 18.5 Å². The Kier molecular flexibility index (Phi) is 8.70. The summed E-state index contributed by atoms with van der Waals surface area (Å²) in [6.07, 6.45) is 2.24. The number of hydrogen-bond donors (Lipinski definition) is 2. The van der Waals surface area contributed by atoms with Crippen molar-refractivity contribution in [2.75, 3.05) is 36.3 Å². The Morgan fingerprint density at radius 1 is 1.13 bits per heavy atom. The van der Waals surface area contributed by atoms with E-state index in [1.807, 2.05) is 0 Å². The van der Waals surface area contributed by atoms with Crippen LogP contribution in [0.15, 0.2) is 47.5 Å². The van der Waals surface area contributed by atoms with Crippen molar-refractivity contribution < 1.29 is 35.9 Å². The van der Waals surface area contributed by atoms with E-state index in [0.717, 1.165) is 56.7 Å². The highest BCUT2D eigenvalue weighted by Crippen LogP contribution is 2.43. The van der Waals surface area contributed by atoms with Crippen LogP contribution in [-0.2, 0) is 19.6 Å². The average Bonchev–Trinajstić information content (AvgIpc) is 3.40. The smallest absolute Gasteiger partial charge is 0.303 e. The molecule has 0 aliphatic carbocycles. The highest BCUT2D eigenvalue weighted by Gasteiger charge is 2.34. The first-order chi connectivity index (χ1) is 21.9. The predicted molar refractivity (Wildman–Crippen MR) is 166 cm³/mol. The second-order valence-electron chi connectivity index (χ2n) is 11.1. The van der Waals surface area contributed by atoms with Crippen LogP contribution in [-0.4, -0.2) is 61.5 Å². The molecule has 3 heterocycles. The molecule has 2 aliphatic rings. The van der Waals surface area contributed by atoms with E-state index in [2.05, 4.69) is 31.8 Å². The Bertz CT molecular complexity index is 1960. The number of ether oxygens (including phenoxy) is 2. The first-order valence-electron chi connectivity index (χ1n) is 14.5. The third-order valence-electron chi connectivity index (χ3n) is 8.00. The topological polar surface area (TPSA) is 123 Å². The zero-order chi connectivity index (χ0) is 32.7. The minimum Gasteiger partial charge on any atom is -0.487 e. The summed E-state index contributed by atoms with van der Waals surface area (Å²) < 4.78 is 86.1. The van der Waals surface area contributed by atoms with Gasteiger partial charge in [-0.05, 0) is 61.3 Å². The Labute approximate surface area is 267 Å². The molecule has 3 aromatic carbocycles. The summed E-state index contributed by atoms with van der Waals surface area (Å²) in [6, 6.07) is 6.66. The van der Waals surface area contributed by atoms with Crippen LogP contribution in [0, 0.1) is 17.5 Å². The molecule has 2 N–H and O–H groups in total. The van der Waals surface area contributed by atoms with Gasteiger partial charge < -0.3 is 19.7 Å². The van der Waals surface area contributed by atoms with E-state index < -0.39 is 55.7 Å². The second-order valence-corrected chi connectivity index (χ2v) is 13.2. The largest absolute Gasteiger partial charge is 0.487 e. The van der Waals surface area contributed by atoms with Crippen molar-refractivity contribution in [3.63, 3.8) is 0 Å². The first kappa shape index (κ1) is 31.8. The number of piperidine rings is 1. The summed E-state index contributed by atoms with van der Waals surface area (Å²) >= 11 is 6.17. The summed E-state index contributed by atoms with van der Waals surface area (Å²) in [5.74, 6) is -3.65. The molecule has 0 saturated carbocycles. The maximum atomic E-state index is 15.9. The van der Waals surface area contributed by atoms with Gasteiger partial charge >= 0.3 is 5.97 Å². The Balaban J connectivity index is 1.29. The summed E-state index contributed by atoms with van der Waals surface area (Å²) in [5, 5.41) is 3.43. The van der Waals surface area contributed by atoms with Crippen LogP contribution in [0.1, 0.15) is 38.4 Å². The Hall–Kier alpha value is -4.14. The van der Waals surface area contributed by atoms with Crippen molar-refractivity contribution in [2.45, 2.75) is 43.7 Å². The maximum Gasteiger partial charge on any atom is 0.303 e. The van der Waals surface area contributed by atoms with Gasteiger partial charge in [0, 0.05) is 48.2 Å². The highest BCUT2D eigenvalue weighted by molar-refractivity contribution is 7.92. The zero-order valence-corrected chi connectivity index (χ0v) is 26.3. The summed E-state index contributed by atoms with van der Waals surface area (Å²) in [6.45, 7) is 5.97. The van der Waals surface area contributed by atoms with Crippen LogP contribution >= 0.6 is 11.6 Å². The Morgan fingerprint density at radius 3 is 2.61 bits per heavy atom. The van der Waals surface area contributed by atoms with Crippen LogP contribution < -0.4 is 14.8 Å². The molecule has 10 nitrogen and oxygen atoms in total. The molecule has 6 rings (SSSR count). The lowest BCUT2D eigenvalue weighted by atomic mass is 10.0. The number of benzene rings is 3. The minimum atomic E-state index is -4.58. The van der Waals surface area contributed by atoms with E-state index in [0.29, 0.717) is 0 Å². The van der Waals surface area contributed by atoms with Crippen molar-refractivity contribution in [3.8, 4) is 16.9 Å². The van der Waals surface area contributed by atoms with E-state index in [-0.39, 0.29) is 51.4 Å². The van der Waals surface area contributed by atoms with E-state index in [1.165, 1.54) is 25.3 Å². The first-order valence-corrected chi connectivity index (χ1v) is 16.4. The number of halogens is 4. The SMILES string of the molecule is CCN1CCC(Nc2ncc3cc(-c4c(F)ccc(NS(=O)(=O)c5cc(Cl)cc6c5OC[C@@H]6OC(C)=O)c4F)cc(F)c3n2)CC1. The number of nitrogens with one attached hydrogen (secondary N) is 2. The lowest BCUT2D eigenvalue weighted by Gasteiger charge is -2.31. The molecular weight excluding hydrogens is 647 g/mol. The van der Waals surface area contributed by atoms with Gasteiger partial charge in [0.15, 0.2) is 11.9 Å². The maximum absolute atomic E-state index is 15.9. The summed E-state index contributed by atoms with van der Waals surface area (Å²) in [5.41, 5.74) is -1.27. The van der Waals surface area contributed by atoms with Gasteiger partial charge in [-0.15, -0.1) is 0 Å². The molecule has 0 spiro atoms. The van der Waals surface area contributed by atoms with Gasteiger partial charge in [-0.25, -0.2) is 31.6 Å². The normalized spacial score (nSPS) is 17.0. The fraction of sp³-hybridized carbons (Fsp3) is 0.323. The number of esters is 1. The van der Waals surface area contributed by atoms with E-state index >= 15 is 13.2 Å². The molecule has 0 radical (unpaired) electrons. The number of anilines is 2. The molecular formula is C31H29ClF3N5O5S. The van der Waals surface area contributed by atoms with Gasteiger partial charge in [0.25, 0.3) is 10.0 Å². The van der Waals surface area contributed by atoms with Crippen molar-refractivity contribution in [2.24, 2.45) is 0 Å². The van der Waals surface area contributed by atoms with Gasteiger partial charge in [-0.3, -0.25) is 9.52 Å². The molecule has 1 fully saturated rings. The summed E-state index contributed by atoms with van der Waals surface area (Å²) in [4.78, 5) is 22.0. The third-order valence-corrected chi connectivity index (χ3v) is 9.59. The number of carbonyl (C=O) groups excluding carboxylic acids is 1. The second kappa shape index (κ2) is 12.6. The van der Waals surface area contributed by atoms with Crippen LogP contribution in [0.4, 0.5) is 24.8 Å². The number of fused-ring (bicyclic) bond motifs is 2. The molecule has 0 unspecified atom stereocenters. The van der Waals surface area contributed by atoms with Crippen LogP contribution in [0.2, 0.25) is 5.02 Å². The highest BCUT2D eigenvalue weighted by atomic mass is 35.5. The van der Waals surface area contributed by atoms with Gasteiger partial charge in [0.2, 0.25) is 5.95 Å². The molecule has 0 amide bonds. The number of aromatic nitrogens is 2. The standard InChI is InChI=1S/C31H29ClF3N5O5S/c1-3-40-8-6-20(7-9-40)37-31-36-14-18-10-17(11-23(34)29(18)38-31)27-22(33)4-5-24(28(27)35)39-46(42,43)26-13-19(32)12-21-25(45-16(2)41)15-44-30(21)26/h4-5,10-14,20,25,39H,3,6-9,15H2,1-2H3,(H,36,37,38)/t25-/m0/s1. The van der Waals surface area contributed by atoms with Crippen molar-refractivity contribution in [1.29, 1.82) is 0 Å². The average molecular weight is 676 g/mol. The quantitative estimate of drug-likeness (QED) is 0.215. The number of sulfonamides is 1. The molecule has 1 aromatic heterocycles. The molecule has 4 aromatic rings. The van der Waals surface area contributed by atoms with Crippen molar-refractivity contribution in [1.82, 2.24) is 14.9 Å². The van der Waals surface area contributed by atoms with Gasteiger partial charge in [0.1, 0.15) is 34.4 Å². The third kappa shape index (κ3) is 6.29. The van der Waals surface area contributed by atoms with Crippen molar-refractivity contribution in [3.05, 3.63) is 70.6 Å². The van der Waals surface area contributed by atoms with E-state index in [9.17, 15) is 13.2 Å². The molecule has 242 valence electrons. The van der Waals surface area contributed by atoms with E-state index in [4.69, 9.17) is 21.1 Å². The molecule has 1 saturated heterocycles. The summed E-state index contributed by atoms with van der Waals surface area (Å²) in [7, 11) is -4.58. The molecule has 1 atom stereocenters. The number of likely N-dealkylation sites (tertiary alicyclic amines) is 1. The molecule has 0 bridgehead atoms. The molecule has 15 heteroatoms. The van der Waals surface area contributed by atoms with Gasteiger partial charge in [-0.2, -0.15) is 0 Å². The van der Waals surface area contributed by atoms with Crippen LogP contribution in [0.5, 0.6) is 5.75 Å².